The molecule has 0 amide bonds. The molecule has 4 rings (SSSR count). The minimum atomic E-state index is -1.25. The van der Waals surface area contributed by atoms with Gasteiger partial charge in [0.05, 0.1) is 6.61 Å². The van der Waals surface area contributed by atoms with Crippen LogP contribution in [-0.4, -0.2) is 0 Å². The molecule has 0 saturated heterocycles. The third-order valence-corrected chi connectivity index (χ3v) is 4.91. The molecule has 0 fully saturated rings. The van der Waals surface area contributed by atoms with E-state index in [-0.39, 0.29) is 6.61 Å². The third-order valence-electron chi connectivity index (χ3n) is 4.91. The predicted octanol–water partition coefficient (Wildman–Crippen LogP) is 6.49. The molecule has 0 aliphatic carbocycles. The molecule has 32 heavy (non-hydrogen) atoms. The molecule has 4 nitrogen and oxygen atoms in total. The molecular formula is C28H25O4. The van der Waals surface area contributed by atoms with Crippen LogP contribution in [0.25, 0.3) is 0 Å². The van der Waals surface area contributed by atoms with Crippen LogP contribution in [-0.2, 0) is 29.7 Å². The van der Waals surface area contributed by atoms with Gasteiger partial charge in [0.2, 0.25) is 6.29 Å². The Morgan fingerprint density at radius 2 is 1.00 bits per heavy atom. The topological polar surface area (TPSA) is 47.6 Å². The first kappa shape index (κ1) is 21.6. The van der Waals surface area contributed by atoms with Crippen LogP contribution in [0, 0.1) is 0 Å². The molecule has 0 aliphatic rings. The molecule has 4 aromatic carbocycles. The maximum atomic E-state index is 12.4. The molecule has 0 saturated carbocycles. The number of rotatable bonds is 10. The van der Waals surface area contributed by atoms with Crippen LogP contribution in [0.15, 0.2) is 109 Å². The second-order valence-electron chi connectivity index (χ2n) is 7.41. The summed E-state index contributed by atoms with van der Waals surface area (Å²) in [5.41, 5.74) is 3.56. The molecule has 0 heterocycles. The van der Waals surface area contributed by atoms with Crippen LogP contribution in [0.1, 0.15) is 28.5 Å². The lowest BCUT2D eigenvalue weighted by molar-refractivity contribution is -0.152. The fourth-order valence-corrected chi connectivity index (χ4v) is 3.24. The zero-order valence-corrected chi connectivity index (χ0v) is 17.7. The Kier molecular flexibility index (Phi) is 7.53. The summed E-state index contributed by atoms with van der Waals surface area (Å²) < 4.78 is 17.6. The van der Waals surface area contributed by atoms with Crippen molar-refractivity contribution in [1.82, 2.24) is 0 Å². The monoisotopic (exact) mass is 425 g/mol. The normalized spacial score (nSPS) is 11.7. The van der Waals surface area contributed by atoms with Crippen LogP contribution in [0.2, 0.25) is 0 Å². The molecular weight excluding hydrogens is 400 g/mol. The highest BCUT2D eigenvalue weighted by atomic mass is 16.6. The first-order valence-corrected chi connectivity index (χ1v) is 10.6. The van der Waals surface area contributed by atoms with Crippen molar-refractivity contribution in [2.24, 2.45) is 0 Å². The van der Waals surface area contributed by atoms with Gasteiger partial charge in [-0.15, -0.1) is 0 Å². The van der Waals surface area contributed by atoms with E-state index in [1.807, 2.05) is 97.1 Å². The van der Waals surface area contributed by atoms with Crippen molar-refractivity contribution in [3.8, 4) is 11.5 Å². The van der Waals surface area contributed by atoms with Crippen LogP contribution >= 0.6 is 0 Å². The Labute approximate surface area is 188 Å². The minimum Gasteiger partial charge on any atom is -0.489 e. The molecule has 0 N–H and O–H groups in total. The summed E-state index contributed by atoms with van der Waals surface area (Å²) in [4.78, 5) is 0. The van der Waals surface area contributed by atoms with Gasteiger partial charge in [0, 0.05) is 11.6 Å². The van der Waals surface area contributed by atoms with Gasteiger partial charge in [-0.3, -0.25) is 0 Å². The van der Waals surface area contributed by atoms with Crippen LogP contribution in [0.4, 0.5) is 0 Å². The van der Waals surface area contributed by atoms with Crippen molar-refractivity contribution < 1.29 is 19.3 Å². The van der Waals surface area contributed by atoms with Crippen LogP contribution < -0.4 is 9.47 Å². The van der Waals surface area contributed by atoms with Crippen molar-refractivity contribution in [3.05, 3.63) is 131 Å². The van der Waals surface area contributed by atoms with E-state index < -0.39 is 6.29 Å². The Balaban J connectivity index is 1.46. The van der Waals surface area contributed by atoms with Crippen LogP contribution in [0.3, 0.4) is 0 Å². The van der Waals surface area contributed by atoms with Crippen molar-refractivity contribution >= 4 is 0 Å². The maximum absolute atomic E-state index is 12.4. The summed E-state index contributed by atoms with van der Waals surface area (Å²) in [6.07, 6.45) is -1.25. The van der Waals surface area contributed by atoms with E-state index in [0.29, 0.717) is 30.3 Å². The summed E-state index contributed by atoms with van der Waals surface area (Å²) in [6, 6.07) is 34.6. The average Bonchev–Trinajstić information content (AvgIpc) is 2.86. The Morgan fingerprint density at radius 1 is 0.531 bits per heavy atom. The highest BCUT2D eigenvalue weighted by molar-refractivity contribution is 5.38. The largest absolute Gasteiger partial charge is 0.489 e. The second kappa shape index (κ2) is 11.1. The quantitative estimate of drug-likeness (QED) is 0.273. The maximum Gasteiger partial charge on any atom is 0.217 e. The van der Waals surface area contributed by atoms with E-state index in [0.717, 1.165) is 16.7 Å². The van der Waals surface area contributed by atoms with Gasteiger partial charge in [-0.25, -0.2) is 0 Å². The van der Waals surface area contributed by atoms with Gasteiger partial charge in [0.15, 0.2) is 0 Å². The van der Waals surface area contributed by atoms with Crippen molar-refractivity contribution in [3.63, 3.8) is 0 Å². The summed E-state index contributed by atoms with van der Waals surface area (Å²) in [6.45, 7) is 1.04. The zero-order chi connectivity index (χ0) is 22.0. The molecule has 0 aliphatic heterocycles. The SMILES string of the molecule is [O]C(OCc1cc(OCc2ccccc2)cc(OCc2ccccc2)c1)c1ccccc1. The van der Waals surface area contributed by atoms with Gasteiger partial charge >= 0.3 is 0 Å². The fraction of sp³-hybridized carbons (Fsp3) is 0.143. The van der Waals surface area contributed by atoms with Crippen molar-refractivity contribution in [2.45, 2.75) is 26.1 Å². The minimum absolute atomic E-state index is 0.160. The van der Waals surface area contributed by atoms with Crippen molar-refractivity contribution in [2.75, 3.05) is 0 Å². The van der Waals surface area contributed by atoms with Gasteiger partial charge in [0.1, 0.15) is 24.7 Å². The predicted molar refractivity (Wildman–Crippen MR) is 123 cm³/mol. The molecule has 0 aromatic heterocycles. The molecule has 4 aromatic rings. The van der Waals surface area contributed by atoms with Gasteiger partial charge in [0.25, 0.3) is 0 Å². The van der Waals surface area contributed by atoms with Gasteiger partial charge in [-0.1, -0.05) is 91.0 Å². The number of hydrogen-bond donors (Lipinski definition) is 0. The van der Waals surface area contributed by atoms with E-state index in [1.165, 1.54) is 0 Å². The smallest absolute Gasteiger partial charge is 0.217 e. The van der Waals surface area contributed by atoms with Gasteiger partial charge in [-0.2, -0.15) is 5.11 Å². The summed E-state index contributed by atoms with van der Waals surface area (Å²) >= 11 is 0. The molecule has 161 valence electrons. The fourth-order valence-electron chi connectivity index (χ4n) is 3.24. The lowest BCUT2D eigenvalue weighted by atomic mass is 10.2. The molecule has 1 atom stereocenters. The lowest BCUT2D eigenvalue weighted by Crippen LogP contribution is -2.03. The summed E-state index contributed by atoms with van der Waals surface area (Å²) in [5.74, 6) is 1.33. The molecule has 1 unspecified atom stereocenters. The Morgan fingerprint density at radius 3 is 1.50 bits per heavy atom. The lowest BCUT2D eigenvalue weighted by Gasteiger charge is -2.14. The van der Waals surface area contributed by atoms with Crippen LogP contribution in [0.5, 0.6) is 11.5 Å². The molecule has 4 heteroatoms. The summed E-state index contributed by atoms with van der Waals surface area (Å²) in [5, 5.41) is 12.4. The average molecular weight is 426 g/mol. The van der Waals surface area contributed by atoms with Crippen molar-refractivity contribution in [1.29, 1.82) is 0 Å². The van der Waals surface area contributed by atoms with E-state index in [2.05, 4.69) is 0 Å². The van der Waals surface area contributed by atoms with E-state index >= 15 is 0 Å². The first-order chi connectivity index (χ1) is 15.8. The molecule has 0 bridgehead atoms. The van der Waals surface area contributed by atoms with E-state index in [1.54, 1.807) is 12.1 Å². The Hall–Kier alpha value is -3.60. The number of ether oxygens (including phenoxy) is 3. The second-order valence-corrected chi connectivity index (χ2v) is 7.41. The van der Waals surface area contributed by atoms with E-state index in [9.17, 15) is 5.11 Å². The highest BCUT2D eigenvalue weighted by Crippen LogP contribution is 2.26. The molecule has 1 radical (unpaired) electrons. The standard InChI is InChI=1S/C28H25O4/c29-28(25-14-8-3-9-15-25)32-21-24-16-26(30-19-22-10-4-1-5-11-22)18-27(17-24)31-20-23-12-6-2-7-13-23/h1-18,28H,19-21H2. The number of hydrogen-bond acceptors (Lipinski definition) is 3. The first-order valence-electron chi connectivity index (χ1n) is 10.6. The highest BCUT2D eigenvalue weighted by Gasteiger charge is 2.11. The third kappa shape index (κ3) is 6.45. The zero-order valence-electron chi connectivity index (χ0n) is 17.7. The van der Waals surface area contributed by atoms with Gasteiger partial charge in [-0.05, 0) is 28.8 Å². The van der Waals surface area contributed by atoms with E-state index in [4.69, 9.17) is 14.2 Å². The van der Waals surface area contributed by atoms with Gasteiger partial charge < -0.3 is 14.2 Å². The molecule has 0 spiro atoms. The number of benzene rings is 4. The Bertz CT molecular complexity index is 1020. The summed E-state index contributed by atoms with van der Waals surface area (Å²) in [7, 11) is 0.